The number of hydrogen-bond donors (Lipinski definition) is 3. The molecule has 0 saturated heterocycles. The number of sulfonamides is 1. The molecule has 1 aromatic rings. The number of methoxy groups -OCH3 is 1. The van der Waals surface area contributed by atoms with Gasteiger partial charge in [0, 0.05) is 6.08 Å². The quantitative estimate of drug-likeness (QED) is 0.601. The van der Waals surface area contributed by atoms with Gasteiger partial charge in [0.1, 0.15) is 10.6 Å². The predicted molar refractivity (Wildman–Crippen MR) is 80.4 cm³/mol. The van der Waals surface area contributed by atoms with E-state index in [9.17, 15) is 22.0 Å². The monoisotopic (exact) mass is 349 g/mol. The molecule has 0 radical (unpaired) electrons. The first-order chi connectivity index (χ1) is 10.6. The van der Waals surface area contributed by atoms with Crippen LogP contribution in [-0.4, -0.2) is 40.4 Å². The van der Waals surface area contributed by atoms with Crippen LogP contribution in [0.1, 0.15) is 5.56 Å². The molecule has 0 saturated carbocycles. The lowest BCUT2D eigenvalue weighted by atomic mass is 10.2. The topological polar surface area (TPSA) is 125 Å². The van der Waals surface area contributed by atoms with E-state index in [0.717, 1.165) is 6.08 Å². The molecule has 0 heterocycles. The van der Waals surface area contributed by atoms with Crippen molar-refractivity contribution in [2.45, 2.75) is 10.8 Å². The van der Waals surface area contributed by atoms with Crippen LogP contribution in [0.15, 0.2) is 29.2 Å². The fourth-order valence-corrected chi connectivity index (χ4v) is 2.27. The van der Waals surface area contributed by atoms with E-state index in [0.29, 0.717) is 5.56 Å². The van der Waals surface area contributed by atoms with Gasteiger partial charge in [0.15, 0.2) is 0 Å². The van der Waals surface area contributed by atoms with Gasteiger partial charge in [0.05, 0.1) is 20.2 Å². The van der Waals surface area contributed by atoms with E-state index < -0.39 is 34.9 Å². The van der Waals surface area contributed by atoms with Crippen molar-refractivity contribution in [1.29, 1.82) is 0 Å². The van der Waals surface area contributed by atoms with Crippen molar-refractivity contribution in [3.63, 3.8) is 0 Å². The highest BCUT2D eigenvalue weighted by Crippen LogP contribution is 2.24. The van der Waals surface area contributed by atoms with Crippen LogP contribution < -0.4 is 20.9 Å². The molecule has 0 aliphatic heterocycles. The zero-order valence-corrected chi connectivity index (χ0v) is 13.1. The van der Waals surface area contributed by atoms with Crippen LogP contribution in [0.4, 0.5) is 8.78 Å². The average Bonchev–Trinajstić information content (AvgIpc) is 2.50. The van der Waals surface area contributed by atoms with Crippen LogP contribution in [0, 0.1) is 0 Å². The van der Waals surface area contributed by atoms with Crippen molar-refractivity contribution in [2.75, 3.05) is 20.2 Å². The van der Waals surface area contributed by atoms with Crippen molar-refractivity contribution in [2.24, 2.45) is 10.9 Å². The number of amides is 1. The highest BCUT2D eigenvalue weighted by Gasteiger charge is 2.26. The Morgan fingerprint density at radius 3 is 2.61 bits per heavy atom. The van der Waals surface area contributed by atoms with Gasteiger partial charge >= 0.3 is 0 Å². The fourth-order valence-electron chi connectivity index (χ4n) is 1.54. The third kappa shape index (κ3) is 5.93. The second kappa shape index (κ2) is 7.49. The van der Waals surface area contributed by atoms with E-state index >= 15 is 0 Å². The molecule has 0 atom stereocenters. The summed E-state index contributed by atoms with van der Waals surface area (Å²) in [6.07, 6.45) is 2.24. The maximum absolute atomic E-state index is 12.9. The summed E-state index contributed by atoms with van der Waals surface area (Å²) in [5.41, 5.74) is 5.17. The number of hydrogen-bond acceptors (Lipinski definition) is 5. The molecule has 0 fully saturated rings. The third-order valence-corrected chi connectivity index (χ3v) is 3.67. The Balaban J connectivity index is 2.87. The van der Waals surface area contributed by atoms with Crippen molar-refractivity contribution in [3.8, 4) is 5.75 Å². The maximum Gasteiger partial charge on any atom is 0.277 e. The molecule has 0 unspecified atom stereocenters. The third-order valence-electron chi connectivity index (χ3n) is 2.74. The number of alkyl halides is 2. The maximum atomic E-state index is 12.9. The molecule has 23 heavy (non-hydrogen) atoms. The Morgan fingerprint density at radius 2 is 2.09 bits per heavy atom. The molecule has 0 aliphatic carbocycles. The standard InChI is InChI=1S/C13H17F2N3O4S/c1-22-10-4-2-9(6-11(10)23(17,20)21)3-5-12(19)18-8-13(14,15)7-16/h2-6H,7-8,16H2,1H3,(H,18,19)(H2,17,20,21). The lowest BCUT2D eigenvalue weighted by Gasteiger charge is -2.13. The largest absolute Gasteiger partial charge is 0.495 e. The van der Waals surface area contributed by atoms with Gasteiger partial charge in [-0.2, -0.15) is 0 Å². The molecule has 1 amide bonds. The van der Waals surface area contributed by atoms with Crippen LogP contribution in [-0.2, 0) is 14.8 Å². The van der Waals surface area contributed by atoms with Crippen LogP contribution in [0.5, 0.6) is 5.75 Å². The predicted octanol–water partition coefficient (Wildman–Crippen LogP) is 0.0660. The number of halogens is 2. The smallest absolute Gasteiger partial charge is 0.277 e. The molecule has 7 nitrogen and oxygen atoms in total. The van der Waals surface area contributed by atoms with Gasteiger partial charge in [-0.15, -0.1) is 0 Å². The molecule has 1 aromatic carbocycles. The van der Waals surface area contributed by atoms with Gasteiger partial charge in [-0.25, -0.2) is 22.3 Å². The Bertz CT molecular complexity index is 705. The summed E-state index contributed by atoms with van der Waals surface area (Å²) in [5.74, 6) is -3.91. The Kier molecular flexibility index (Phi) is 6.19. The highest BCUT2D eigenvalue weighted by molar-refractivity contribution is 7.89. The fraction of sp³-hybridized carbons (Fsp3) is 0.308. The Hall–Kier alpha value is -2.04. The van der Waals surface area contributed by atoms with E-state index in [1.54, 1.807) is 0 Å². The summed E-state index contributed by atoms with van der Waals surface area (Å²) in [6, 6.07) is 4.04. The normalized spacial score (nSPS) is 12.4. The minimum Gasteiger partial charge on any atom is -0.495 e. The van der Waals surface area contributed by atoms with E-state index in [1.165, 1.54) is 31.4 Å². The molecular formula is C13H17F2N3O4S. The van der Waals surface area contributed by atoms with Gasteiger partial charge in [0.2, 0.25) is 15.9 Å². The number of carbonyl (C=O) groups excluding carboxylic acids is 1. The molecule has 128 valence electrons. The zero-order chi connectivity index (χ0) is 17.7. The van der Waals surface area contributed by atoms with Crippen molar-refractivity contribution < 1.29 is 26.7 Å². The van der Waals surface area contributed by atoms with Gasteiger partial charge in [-0.05, 0) is 23.8 Å². The molecule has 5 N–H and O–H groups in total. The number of benzene rings is 1. The minimum absolute atomic E-state index is 0.0525. The second-order valence-electron chi connectivity index (χ2n) is 4.57. The molecule has 0 aromatic heterocycles. The zero-order valence-electron chi connectivity index (χ0n) is 12.3. The van der Waals surface area contributed by atoms with Crippen molar-refractivity contribution in [3.05, 3.63) is 29.8 Å². The van der Waals surface area contributed by atoms with Crippen molar-refractivity contribution >= 4 is 22.0 Å². The second-order valence-corrected chi connectivity index (χ2v) is 6.10. The van der Waals surface area contributed by atoms with E-state index in [4.69, 9.17) is 15.6 Å². The van der Waals surface area contributed by atoms with Crippen LogP contribution in [0.2, 0.25) is 0 Å². The Labute approximate surface area is 132 Å². The Morgan fingerprint density at radius 1 is 1.43 bits per heavy atom. The summed E-state index contributed by atoms with van der Waals surface area (Å²) >= 11 is 0. The molecular weight excluding hydrogens is 332 g/mol. The number of rotatable bonds is 7. The minimum atomic E-state index is -4.01. The van der Waals surface area contributed by atoms with Crippen LogP contribution in [0.25, 0.3) is 6.08 Å². The molecule has 10 heteroatoms. The number of carbonyl (C=O) groups is 1. The highest BCUT2D eigenvalue weighted by atomic mass is 32.2. The van der Waals surface area contributed by atoms with E-state index in [-0.39, 0.29) is 10.6 Å². The molecule has 1 rings (SSSR count). The first-order valence-electron chi connectivity index (χ1n) is 6.34. The summed E-state index contributed by atoms with van der Waals surface area (Å²) < 4.78 is 53.6. The summed E-state index contributed by atoms with van der Waals surface area (Å²) in [7, 11) is -2.73. The summed E-state index contributed by atoms with van der Waals surface area (Å²) in [6.45, 7) is -1.77. The van der Waals surface area contributed by atoms with Crippen LogP contribution >= 0.6 is 0 Å². The average molecular weight is 349 g/mol. The molecule has 0 spiro atoms. The van der Waals surface area contributed by atoms with E-state index in [2.05, 4.69) is 0 Å². The van der Waals surface area contributed by atoms with Gasteiger partial charge in [0.25, 0.3) is 5.92 Å². The van der Waals surface area contributed by atoms with Crippen molar-refractivity contribution in [1.82, 2.24) is 5.32 Å². The van der Waals surface area contributed by atoms with Gasteiger partial charge in [-0.3, -0.25) is 4.79 Å². The SMILES string of the molecule is COc1ccc(C=CC(=O)NCC(F)(F)CN)cc1S(N)(=O)=O. The summed E-state index contributed by atoms with van der Waals surface area (Å²) in [5, 5.41) is 7.05. The van der Waals surface area contributed by atoms with Crippen LogP contribution in [0.3, 0.4) is 0 Å². The lowest BCUT2D eigenvalue weighted by molar-refractivity contribution is -0.118. The lowest BCUT2D eigenvalue weighted by Crippen LogP contribution is -2.41. The first kappa shape index (κ1) is 19.0. The molecule has 0 bridgehead atoms. The number of primary sulfonamides is 1. The molecule has 0 aliphatic rings. The van der Waals surface area contributed by atoms with E-state index in [1.807, 2.05) is 5.32 Å². The van der Waals surface area contributed by atoms with Gasteiger partial charge in [-0.1, -0.05) is 6.07 Å². The van der Waals surface area contributed by atoms with Gasteiger partial charge < -0.3 is 15.8 Å². The number of ether oxygens (including phenoxy) is 1. The summed E-state index contributed by atoms with van der Waals surface area (Å²) in [4.78, 5) is 11.2. The first-order valence-corrected chi connectivity index (χ1v) is 7.88. The number of nitrogens with one attached hydrogen (secondary N) is 1. The number of nitrogens with two attached hydrogens (primary N) is 2.